The average Bonchev–Trinajstić information content (AvgIpc) is 2.95. The van der Waals surface area contributed by atoms with Crippen molar-refractivity contribution >= 4 is 23.3 Å². The summed E-state index contributed by atoms with van der Waals surface area (Å²) in [5.74, 6) is -1.29. The standard InChI is InChI=1S/C15H11ClFN3O3/c16-9-2-3-11(12(17)6-9)13(21)14(22)23-8-10-7-20-5-1-4-18-15(20)19-10/h1-7,13,21H,8H2. The number of hydrogen-bond donors (Lipinski definition) is 1. The third-order valence-electron chi connectivity index (χ3n) is 3.13. The van der Waals surface area contributed by atoms with Gasteiger partial charge in [0.2, 0.25) is 5.78 Å². The van der Waals surface area contributed by atoms with Crippen LogP contribution >= 0.6 is 11.6 Å². The molecule has 0 fully saturated rings. The van der Waals surface area contributed by atoms with Gasteiger partial charge in [-0.3, -0.25) is 4.40 Å². The summed E-state index contributed by atoms with van der Waals surface area (Å²) in [6, 6.07) is 5.36. The van der Waals surface area contributed by atoms with Gasteiger partial charge in [-0.1, -0.05) is 17.7 Å². The molecule has 6 nitrogen and oxygen atoms in total. The van der Waals surface area contributed by atoms with E-state index < -0.39 is 17.9 Å². The maximum absolute atomic E-state index is 13.7. The SMILES string of the molecule is O=C(OCc1cn2cccnc2n1)C(O)c1ccc(Cl)cc1F. The number of imidazole rings is 1. The first-order valence-electron chi connectivity index (χ1n) is 6.63. The number of nitrogens with zero attached hydrogens (tertiary/aromatic N) is 3. The highest BCUT2D eigenvalue weighted by atomic mass is 35.5. The largest absolute Gasteiger partial charge is 0.457 e. The molecule has 0 aliphatic heterocycles. The summed E-state index contributed by atoms with van der Waals surface area (Å²) in [6.45, 7) is -0.158. The molecule has 1 N–H and O–H groups in total. The Balaban J connectivity index is 1.68. The number of esters is 1. The van der Waals surface area contributed by atoms with E-state index in [0.717, 1.165) is 6.07 Å². The molecule has 0 saturated carbocycles. The Bertz CT molecular complexity index is 835. The molecule has 1 aromatic carbocycles. The zero-order valence-corrected chi connectivity index (χ0v) is 12.4. The fourth-order valence-electron chi connectivity index (χ4n) is 2.02. The smallest absolute Gasteiger partial charge is 0.340 e. The average molecular weight is 336 g/mol. The molecule has 1 atom stereocenters. The highest BCUT2D eigenvalue weighted by molar-refractivity contribution is 6.30. The van der Waals surface area contributed by atoms with Gasteiger partial charge in [-0.15, -0.1) is 0 Å². The lowest BCUT2D eigenvalue weighted by atomic mass is 10.1. The van der Waals surface area contributed by atoms with Crippen molar-refractivity contribution in [1.82, 2.24) is 14.4 Å². The molecule has 0 spiro atoms. The molecule has 1 unspecified atom stereocenters. The van der Waals surface area contributed by atoms with Gasteiger partial charge in [0.05, 0.1) is 5.69 Å². The number of rotatable bonds is 4. The third kappa shape index (κ3) is 3.30. The molecule has 0 saturated heterocycles. The lowest BCUT2D eigenvalue weighted by molar-refractivity contribution is -0.155. The fourth-order valence-corrected chi connectivity index (χ4v) is 2.18. The minimum atomic E-state index is -1.73. The molecule has 3 rings (SSSR count). The number of aromatic nitrogens is 3. The Hall–Kier alpha value is -2.51. The predicted octanol–water partition coefficient (Wildman–Crippen LogP) is 2.30. The summed E-state index contributed by atoms with van der Waals surface area (Å²) in [5.41, 5.74) is 0.261. The van der Waals surface area contributed by atoms with Crippen molar-refractivity contribution in [2.45, 2.75) is 12.7 Å². The Morgan fingerprint density at radius 1 is 1.48 bits per heavy atom. The molecular weight excluding hydrogens is 325 g/mol. The molecule has 0 bridgehead atoms. The first kappa shape index (κ1) is 15.4. The van der Waals surface area contributed by atoms with E-state index in [1.54, 1.807) is 29.1 Å². The number of ether oxygens (including phenoxy) is 1. The Labute approximate surface area is 135 Å². The van der Waals surface area contributed by atoms with Crippen LogP contribution in [0, 0.1) is 5.82 Å². The van der Waals surface area contributed by atoms with Gasteiger partial charge in [-0.2, -0.15) is 0 Å². The van der Waals surface area contributed by atoms with Crippen molar-refractivity contribution in [2.24, 2.45) is 0 Å². The number of aliphatic hydroxyl groups excluding tert-OH is 1. The minimum Gasteiger partial charge on any atom is -0.457 e. The van der Waals surface area contributed by atoms with Crippen LogP contribution in [0.5, 0.6) is 0 Å². The molecule has 0 aliphatic rings. The number of fused-ring (bicyclic) bond motifs is 1. The van der Waals surface area contributed by atoms with Gasteiger partial charge in [0.1, 0.15) is 12.4 Å². The van der Waals surface area contributed by atoms with E-state index in [0.29, 0.717) is 11.5 Å². The predicted molar refractivity (Wildman–Crippen MR) is 79.2 cm³/mol. The van der Waals surface area contributed by atoms with Crippen LogP contribution in [0.15, 0.2) is 42.9 Å². The summed E-state index contributed by atoms with van der Waals surface area (Å²) in [7, 11) is 0. The van der Waals surface area contributed by atoms with E-state index in [1.165, 1.54) is 12.1 Å². The van der Waals surface area contributed by atoms with Gasteiger partial charge in [-0.25, -0.2) is 19.2 Å². The van der Waals surface area contributed by atoms with Gasteiger partial charge >= 0.3 is 5.97 Å². The molecule has 2 aromatic heterocycles. The normalized spacial score (nSPS) is 12.3. The second kappa shape index (κ2) is 6.31. The number of hydrogen-bond acceptors (Lipinski definition) is 5. The third-order valence-corrected chi connectivity index (χ3v) is 3.36. The number of aliphatic hydroxyl groups is 1. The van der Waals surface area contributed by atoms with Crippen LogP contribution in [-0.4, -0.2) is 25.4 Å². The van der Waals surface area contributed by atoms with Crippen molar-refractivity contribution in [3.05, 3.63) is 65.0 Å². The summed E-state index contributed by atoms with van der Waals surface area (Å²) in [4.78, 5) is 20.0. The zero-order chi connectivity index (χ0) is 16.4. The van der Waals surface area contributed by atoms with Crippen LogP contribution in [0.1, 0.15) is 17.4 Å². The van der Waals surface area contributed by atoms with Crippen molar-refractivity contribution in [2.75, 3.05) is 0 Å². The quantitative estimate of drug-likeness (QED) is 0.740. The van der Waals surface area contributed by atoms with Crippen molar-refractivity contribution in [3.63, 3.8) is 0 Å². The van der Waals surface area contributed by atoms with Gasteiger partial charge < -0.3 is 9.84 Å². The molecule has 0 radical (unpaired) electrons. The summed E-state index contributed by atoms with van der Waals surface area (Å²) in [6.07, 6.45) is 3.25. The number of halogens is 2. The monoisotopic (exact) mass is 335 g/mol. The summed E-state index contributed by atoms with van der Waals surface area (Å²) >= 11 is 5.63. The molecule has 118 valence electrons. The van der Waals surface area contributed by atoms with Crippen LogP contribution in [-0.2, 0) is 16.1 Å². The van der Waals surface area contributed by atoms with Crippen molar-refractivity contribution < 1.29 is 19.0 Å². The van der Waals surface area contributed by atoms with E-state index in [1.807, 2.05) is 0 Å². The van der Waals surface area contributed by atoms with E-state index in [4.69, 9.17) is 16.3 Å². The van der Waals surface area contributed by atoms with E-state index in [2.05, 4.69) is 9.97 Å². The number of benzene rings is 1. The van der Waals surface area contributed by atoms with E-state index in [-0.39, 0.29) is 17.2 Å². The first-order chi connectivity index (χ1) is 11.0. The first-order valence-corrected chi connectivity index (χ1v) is 7.00. The molecule has 23 heavy (non-hydrogen) atoms. The van der Waals surface area contributed by atoms with Crippen LogP contribution < -0.4 is 0 Å². The second-order valence-corrected chi connectivity index (χ2v) is 5.17. The number of carbonyl (C=O) groups is 1. The van der Waals surface area contributed by atoms with Crippen LogP contribution in [0.2, 0.25) is 5.02 Å². The van der Waals surface area contributed by atoms with Gasteiger partial charge in [0.15, 0.2) is 6.10 Å². The molecule has 8 heteroatoms. The lowest BCUT2D eigenvalue weighted by Crippen LogP contribution is -2.16. The van der Waals surface area contributed by atoms with E-state index in [9.17, 15) is 14.3 Å². The van der Waals surface area contributed by atoms with Gasteiger partial charge in [0.25, 0.3) is 0 Å². The highest BCUT2D eigenvalue weighted by Gasteiger charge is 2.23. The van der Waals surface area contributed by atoms with Gasteiger partial charge in [-0.05, 0) is 18.2 Å². The molecular formula is C15H11ClFN3O3. The Morgan fingerprint density at radius 3 is 3.04 bits per heavy atom. The number of carbonyl (C=O) groups excluding carboxylic acids is 1. The highest BCUT2D eigenvalue weighted by Crippen LogP contribution is 2.22. The van der Waals surface area contributed by atoms with Crippen molar-refractivity contribution in [3.8, 4) is 0 Å². The maximum Gasteiger partial charge on any atom is 0.340 e. The van der Waals surface area contributed by atoms with E-state index >= 15 is 0 Å². The zero-order valence-electron chi connectivity index (χ0n) is 11.7. The topological polar surface area (TPSA) is 76.7 Å². The minimum absolute atomic E-state index is 0.158. The van der Waals surface area contributed by atoms with Crippen molar-refractivity contribution in [1.29, 1.82) is 0 Å². The fraction of sp³-hybridized carbons (Fsp3) is 0.133. The van der Waals surface area contributed by atoms with Crippen LogP contribution in [0.25, 0.3) is 5.78 Å². The molecule has 3 aromatic rings. The van der Waals surface area contributed by atoms with Crippen LogP contribution in [0.3, 0.4) is 0 Å². The van der Waals surface area contributed by atoms with Gasteiger partial charge in [0, 0.05) is 29.2 Å². The van der Waals surface area contributed by atoms with Crippen LogP contribution in [0.4, 0.5) is 4.39 Å². The second-order valence-electron chi connectivity index (χ2n) is 4.74. The summed E-state index contributed by atoms with van der Waals surface area (Å²) in [5, 5.41) is 10.1. The molecule has 2 heterocycles. The molecule has 0 amide bonds. The molecule has 0 aliphatic carbocycles. The Kier molecular flexibility index (Phi) is 4.22. The maximum atomic E-state index is 13.7. The lowest BCUT2D eigenvalue weighted by Gasteiger charge is -2.11. The Morgan fingerprint density at radius 2 is 2.30 bits per heavy atom. The summed E-state index contributed by atoms with van der Waals surface area (Å²) < 4.78 is 20.3.